The lowest BCUT2D eigenvalue weighted by Crippen LogP contribution is -2.44. The van der Waals surface area contributed by atoms with Gasteiger partial charge in [-0.2, -0.15) is 0 Å². The third-order valence-corrected chi connectivity index (χ3v) is 4.57. The van der Waals surface area contributed by atoms with E-state index >= 15 is 0 Å². The number of carbonyl (C=O) groups is 2. The second kappa shape index (κ2) is 7.90. The molecule has 3 rings (SSSR count). The quantitative estimate of drug-likeness (QED) is 0.872. The maximum atomic E-state index is 12.4. The van der Waals surface area contributed by atoms with Gasteiger partial charge in [0.2, 0.25) is 11.8 Å². The molecule has 1 aliphatic heterocycles. The molecule has 1 saturated heterocycles. The van der Waals surface area contributed by atoms with Gasteiger partial charge in [-0.3, -0.25) is 14.5 Å². The summed E-state index contributed by atoms with van der Waals surface area (Å²) in [6.07, 6.45) is 3.03. The smallest absolute Gasteiger partial charge is 0.239 e. The maximum Gasteiger partial charge on any atom is 0.239 e. The fraction of sp³-hybridized carbons (Fsp3) is 0.316. The number of amides is 2. The summed E-state index contributed by atoms with van der Waals surface area (Å²) >= 11 is 0. The molecule has 2 heterocycles. The first-order valence-electron chi connectivity index (χ1n) is 8.45. The number of nitrogens with one attached hydrogen (secondary N) is 1. The molecule has 1 aromatic heterocycles. The van der Waals surface area contributed by atoms with Crippen molar-refractivity contribution in [3.05, 3.63) is 60.3 Å². The van der Waals surface area contributed by atoms with E-state index < -0.39 is 6.04 Å². The van der Waals surface area contributed by atoms with Crippen LogP contribution in [0.25, 0.3) is 0 Å². The first-order chi connectivity index (χ1) is 12.1. The summed E-state index contributed by atoms with van der Waals surface area (Å²) in [7, 11) is 0. The van der Waals surface area contributed by atoms with Gasteiger partial charge in [-0.05, 0) is 43.6 Å². The van der Waals surface area contributed by atoms with E-state index in [1.165, 1.54) is 0 Å². The average Bonchev–Trinajstić information content (AvgIpc) is 2.64. The zero-order valence-corrected chi connectivity index (χ0v) is 14.0. The van der Waals surface area contributed by atoms with Crippen molar-refractivity contribution >= 4 is 17.6 Å². The minimum atomic E-state index is -0.444. The summed E-state index contributed by atoms with van der Waals surface area (Å²) in [4.78, 5) is 30.5. The molecular weight excluding hydrogens is 316 g/mol. The summed E-state index contributed by atoms with van der Waals surface area (Å²) in [5.41, 5.74) is 6.52. The van der Waals surface area contributed by atoms with E-state index in [4.69, 9.17) is 5.73 Å². The number of nitrogens with two attached hydrogens (primary N) is 1. The number of rotatable bonds is 5. The lowest BCUT2D eigenvalue weighted by molar-refractivity contribution is -0.125. The topological polar surface area (TPSA) is 88.3 Å². The summed E-state index contributed by atoms with van der Waals surface area (Å²) < 4.78 is 0. The van der Waals surface area contributed by atoms with Gasteiger partial charge in [0.05, 0.1) is 0 Å². The van der Waals surface area contributed by atoms with Crippen molar-refractivity contribution < 1.29 is 9.59 Å². The second-order valence-electron chi connectivity index (χ2n) is 6.23. The summed E-state index contributed by atoms with van der Waals surface area (Å²) in [5.74, 6) is 0.105. The molecule has 0 aliphatic carbocycles. The molecule has 0 bridgehead atoms. The Balaban J connectivity index is 1.60. The van der Waals surface area contributed by atoms with Crippen LogP contribution in [0.4, 0.5) is 5.82 Å². The molecule has 0 saturated carbocycles. The first kappa shape index (κ1) is 17.1. The molecule has 6 nitrogen and oxygen atoms in total. The zero-order chi connectivity index (χ0) is 17.6. The van der Waals surface area contributed by atoms with Gasteiger partial charge in [-0.15, -0.1) is 0 Å². The number of benzene rings is 1. The molecule has 2 amide bonds. The van der Waals surface area contributed by atoms with Crippen LogP contribution in [-0.4, -0.2) is 34.8 Å². The standard InChI is InChI=1S/C19H22N4O2/c20-18(24)17(14-6-2-1-3-7-14)23-12-9-15(10-13-23)19(25)22-16-8-4-5-11-21-16/h1-8,11,15,17H,9-10,12-13H2,(H2,20,24)(H,21,22,25)/t17-/m0/s1. The van der Waals surface area contributed by atoms with Crippen LogP contribution in [0.2, 0.25) is 0 Å². The molecular formula is C19H22N4O2. The van der Waals surface area contributed by atoms with Crippen molar-refractivity contribution in [3.8, 4) is 0 Å². The number of hydrogen-bond donors (Lipinski definition) is 2. The molecule has 25 heavy (non-hydrogen) atoms. The monoisotopic (exact) mass is 338 g/mol. The van der Waals surface area contributed by atoms with E-state index in [0.717, 1.165) is 5.56 Å². The Morgan fingerprint density at radius 1 is 1.08 bits per heavy atom. The van der Waals surface area contributed by atoms with Crippen molar-refractivity contribution in [2.24, 2.45) is 11.7 Å². The van der Waals surface area contributed by atoms with Crippen LogP contribution < -0.4 is 11.1 Å². The van der Waals surface area contributed by atoms with Gasteiger partial charge in [0, 0.05) is 12.1 Å². The lowest BCUT2D eigenvalue weighted by atomic mass is 9.93. The Bertz CT molecular complexity index is 713. The molecule has 130 valence electrons. The fourth-order valence-electron chi connectivity index (χ4n) is 3.28. The van der Waals surface area contributed by atoms with Gasteiger partial charge in [0.25, 0.3) is 0 Å². The molecule has 6 heteroatoms. The van der Waals surface area contributed by atoms with Gasteiger partial charge < -0.3 is 11.1 Å². The van der Waals surface area contributed by atoms with E-state index in [1.807, 2.05) is 42.5 Å². The van der Waals surface area contributed by atoms with Crippen molar-refractivity contribution in [2.75, 3.05) is 18.4 Å². The first-order valence-corrected chi connectivity index (χ1v) is 8.45. The van der Waals surface area contributed by atoms with Gasteiger partial charge >= 0.3 is 0 Å². The van der Waals surface area contributed by atoms with Gasteiger partial charge in [0.15, 0.2) is 0 Å². The molecule has 0 unspecified atom stereocenters. The van der Waals surface area contributed by atoms with E-state index in [-0.39, 0.29) is 17.7 Å². The van der Waals surface area contributed by atoms with Crippen LogP contribution >= 0.6 is 0 Å². The van der Waals surface area contributed by atoms with Crippen LogP contribution in [0.15, 0.2) is 54.7 Å². The summed E-state index contributed by atoms with van der Waals surface area (Å²) in [6.45, 7) is 1.31. The van der Waals surface area contributed by atoms with E-state index in [1.54, 1.807) is 12.3 Å². The third kappa shape index (κ3) is 4.22. The maximum absolute atomic E-state index is 12.4. The fourth-order valence-corrected chi connectivity index (χ4v) is 3.28. The molecule has 0 radical (unpaired) electrons. The van der Waals surface area contributed by atoms with Crippen molar-refractivity contribution in [3.63, 3.8) is 0 Å². The molecule has 1 aliphatic rings. The van der Waals surface area contributed by atoms with E-state index in [9.17, 15) is 9.59 Å². The van der Waals surface area contributed by atoms with Crippen molar-refractivity contribution in [1.29, 1.82) is 0 Å². The predicted molar refractivity (Wildman–Crippen MR) is 95.5 cm³/mol. The minimum absolute atomic E-state index is 0.0197. The summed E-state index contributed by atoms with van der Waals surface area (Å²) in [6, 6.07) is 14.5. The highest BCUT2D eigenvalue weighted by atomic mass is 16.2. The van der Waals surface area contributed by atoms with Crippen molar-refractivity contribution in [1.82, 2.24) is 9.88 Å². The minimum Gasteiger partial charge on any atom is -0.368 e. The number of nitrogens with zero attached hydrogens (tertiary/aromatic N) is 2. The number of primary amides is 1. The third-order valence-electron chi connectivity index (χ3n) is 4.57. The highest BCUT2D eigenvalue weighted by Crippen LogP contribution is 2.27. The van der Waals surface area contributed by atoms with Crippen molar-refractivity contribution in [2.45, 2.75) is 18.9 Å². The number of anilines is 1. The largest absolute Gasteiger partial charge is 0.368 e. The highest BCUT2D eigenvalue weighted by molar-refractivity contribution is 5.91. The second-order valence-corrected chi connectivity index (χ2v) is 6.23. The molecule has 3 N–H and O–H groups in total. The predicted octanol–water partition coefficient (Wildman–Crippen LogP) is 1.96. The van der Waals surface area contributed by atoms with E-state index in [0.29, 0.717) is 31.7 Å². The van der Waals surface area contributed by atoms with Gasteiger partial charge in [-0.1, -0.05) is 36.4 Å². The van der Waals surface area contributed by atoms with Crippen LogP contribution in [0.5, 0.6) is 0 Å². The molecule has 2 aromatic rings. The Morgan fingerprint density at radius 3 is 2.36 bits per heavy atom. The van der Waals surface area contributed by atoms with Gasteiger partial charge in [-0.25, -0.2) is 4.98 Å². The van der Waals surface area contributed by atoms with E-state index in [2.05, 4.69) is 15.2 Å². The van der Waals surface area contributed by atoms with Crippen LogP contribution in [0.1, 0.15) is 24.4 Å². The zero-order valence-electron chi connectivity index (χ0n) is 14.0. The molecule has 0 spiro atoms. The SMILES string of the molecule is NC(=O)[C@H](c1ccccc1)N1CCC(C(=O)Nc2ccccn2)CC1. The van der Waals surface area contributed by atoms with Gasteiger partial charge in [0.1, 0.15) is 11.9 Å². The Kier molecular flexibility index (Phi) is 5.40. The lowest BCUT2D eigenvalue weighted by Gasteiger charge is -2.35. The van der Waals surface area contributed by atoms with Crippen LogP contribution in [0, 0.1) is 5.92 Å². The molecule has 1 fully saturated rings. The summed E-state index contributed by atoms with van der Waals surface area (Å²) in [5, 5.41) is 2.85. The number of piperidine rings is 1. The Labute approximate surface area is 147 Å². The number of likely N-dealkylation sites (tertiary alicyclic amines) is 1. The molecule has 1 aromatic carbocycles. The Hall–Kier alpha value is -2.73. The number of pyridine rings is 1. The normalized spacial score (nSPS) is 17.0. The average molecular weight is 338 g/mol. The molecule has 1 atom stereocenters. The van der Waals surface area contributed by atoms with Crippen LogP contribution in [-0.2, 0) is 9.59 Å². The number of carbonyl (C=O) groups excluding carboxylic acids is 2. The number of hydrogen-bond acceptors (Lipinski definition) is 4. The number of aromatic nitrogens is 1. The van der Waals surface area contributed by atoms with Crippen LogP contribution in [0.3, 0.4) is 0 Å². The highest BCUT2D eigenvalue weighted by Gasteiger charge is 2.32. The Morgan fingerprint density at radius 2 is 1.76 bits per heavy atom.